The Morgan fingerprint density at radius 3 is 2.69 bits per heavy atom. The fourth-order valence-corrected chi connectivity index (χ4v) is 3.65. The molecule has 0 aromatic carbocycles. The number of rotatable bonds is 12. The van der Waals surface area contributed by atoms with Gasteiger partial charge >= 0.3 is 5.97 Å². The third-order valence-corrected chi connectivity index (χ3v) is 6.40. The van der Waals surface area contributed by atoms with E-state index < -0.39 is 14.0 Å². The van der Waals surface area contributed by atoms with Gasteiger partial charge in [-0.25, -0.2) is 9.78 Å². The predicted octanol–water partition coefficient (Wildman–Crippen LogP) is 5.15. The molecule has 0 radical (unpaired) electrons. The summed E-state index contributed by atoms with van der Waals surface area (Å²) in [6, 6.07) is 4.75. The summed E-state index contributed by atoms with van der Waals surface area (Å²) < 4.78 is 13.5. The number of aromatic nitrogens is 2. The van der Waals surface area contributed by atoms with E-state index in [2.05, 4.69) is 31.5 Å². The molecule has 7 heteroatoms. The van der Waals surface area contributed by atoms with Crippen molar-refractivity contribution in [1.29, 1.82) is 0 Å². The van der Waals surface area contributed by atoms with E-state index in [4.69, 9.17) is 9.15 Å². The fourth-order valence-electron chi connectivity index (χ4n) is 2.90. The van der Waals surface area contributed by atoms with Crippen LogP contribution < -0.4 is 0 Å². The Balaban J connectivity index is 2.22. The Kier molecular flexibility index (Phi) is 8.46. The Bertz CT molecular complexity index is 830. The molecule has 0 fully saturated rings. The van der Waals surface area contributed by atoms with Crippen LogP contribution >= 0.6 is 0 Å². The molecule has 0 aliphatic rings. The molecule has 6 nitrogen and oxygen atoms in total. The van der Waals surface area contributed by atoms with Crippen LogP contribution in [-0.4, -0.2) is 35.3 Å². The minimum atomic E-state index is -1.16. The van der Waals surface area contributed by atoms with E-state index >= 15 is 0 Å². The Hall–Kier alpha value is -2.12. The van der Waals surface area contributed by atoms with Crippen molar-refractivity contribution in [1.82, 2.24) is 9.55 Å². The standard InChI is InChI=1S/C22H34N2O4Si/c1-6-7-8-21-23-15-19(24(21)16-27-11-12-29(3,4)5)13-18(22(25)26)14-20-10-9-17(2)28-20/h9-10,13,15H,6-8,11-12,14,16H2,1-5H3,(H,25,26)/b18-13+. The number of carboxylic acids is 1. The lowest BCUT2D eigenvalue weighted by atomic mass is 10.1. The number of imidazole rings is 1. The summed E-state index contributed by atoms with van der Waals surface area (Å²) in [5, 5.41) is 9.68. The maximum atomic E-state index is 11.8. The summed E-state index contributed by atoms with van der Waals surface area (Å²) in [5.74, 6) is 1.39. The zero-order valence-corrected chi connectivity index (χ0v) is 19.3. The molecular formula is C22H34N2O4Si. The zero-order chi connectivity index (χ0) is 21.4. The van der Waals surface area contributed by atoms with Crippen LogP contribution in [0.2, 0.25) is 25.7 Å². The van der Waals surface area contributed by atoms with E-state index in [0.29, 0.717) is 19.1 Å². The Morgan fingerprint density at radius 2 is 2.10 bits per heavy atom. The lowest BCUT2D eigenvalue weighted by Crippen LogP contribution is -2.22. The van der Waals surface area contributed by atoms with Gasteiger partial charge < -0.3 is 18.8 Å². The lowest BCUT2D eigenvalue weighted by Gasteiger charge is -2.17. The molecule has 2 aromatic heterocycles. The molecule has 160 valence electrons. The number of aliphatic carboxylic acids is 1. The summed E-state index contributed by atoms with van der Waals surface area (Å²) >= 11 is 0. The normalized spacial score (nSPS) is 12.5. The number of aryl methyl sites for hydroxylation is 2. The molecule has 29 heavy (non-hydrogen) atoms. The number of carboxylic acid groups (broad SMARTS) is 1. The second kappa shape index (κ2) is 10.6. The van der Waals surface area contributed by atoms with Crippen LogP contribution in [0.1, 0.15) is 42.8 Å². The van der Waals surface area contributed by atoms with Crippen LogP contribution in [0, 0.1) is 6.92 Å². The third kappa shape index (κ3) is 7.66. The van der Waals surface area contributed by atoms with Crippen molar-refractivity contribution in [2.24, 2.45) is 0 Å². The highest BCUT2D eigenvalue weighted by atomic mass is 28.3. The van der Waals surface area contributed by atoms with E-state index in [1.165, 1.54) is 0 Å². The molecule has 0 aliphatic heterocycles. The van der Waals surface area contributed by atoms with Crippen LogP contribution in [0.3, 0.4) is 0 Å². The van der Waals surface area contributed by atoms with Gasteiger partial charge in [-0.1, -0.05) is 33.0 Å². The molecule has 0 spiro atoms. The van der Waals surface area contributed by atoms with E-state index in [1.807, 2.05) is 23.6 Å². The van der Waals surface area contributed by atoms with Gasteiger partial charge in [0.2, 0.25) is 0 Å². The minimum Gasteiger partial charge on any atom is -0.478 e. The average molecular weight is 419 g/mol. The van der Waals surface area contributed by atoms with Gasteiger partial charge in [-0.3, -0.25) is 0 Å². The maximum Gasteiger partial charge on any atom is 0.332 e. The molecule has 0 aliphatic carbocycles. The molecular weight excluding hydrogens is 384 g/mol. The molecule has 0 atom stereocenters. The van der Waals surface area contributed by atoms with Gasteiger partial charge in [0.25, 0.3) is 0 Å². The highest BCUT2D eigenvalue weighted by Gasteiger charge is 2.16. The van der Waals surface area contributed by atoms with Gasteiger partial charge in [0.05, 0.1) is 11.9 Å². The predicted molar refractivity (Wildman–Crippen MR) is 118 cm³/mol. The fraction of sp³-hybridized carbons (Fsp3) is 0.545. The van der Waals surface area contributed by atoms with E-state index in [0.717, 1.165) is 42.6 Å². The van der Waals surface area contributed by atoms with Crippen molar-refractivity contribution in [2.75, 3.05) is 6.61 Å². The first kappa shape index (κ1) is 23.2. The summed E-state index contributed by atoms with van der Waals surface area (Å²) in [7, 11) is -1.16. The van der Waals surface area contributed by atoms with Gasteiger partial charge in [0.15, 0.2) is 0 Å². The first-order valence-corrected chi connectivity index (χ1v) is 14.0. The quantitative estimate of drug-likeness (QED) is 0.293. The second-order valence-electron chi connectivity index (χ2n) is 8.64. The van der Waals surface area contributed by atoms with Gasteiger partial charge in [0.1, 0.15) is 24.1 Å². The number of hydrogen-bond donors (Lipinski definition) is 1. The Morgan fingerprint density at radius 1 is 1.34 bits per heavy atom. The molecule has 2 rings (SSSR count). The monoisotopic (exact) mass is 418 g/mol. The number of hydrogen-bond acceptors (Lipinski definition) is 4. The highest BCUT2D eigenvalue weighted by Crippen LogP contribution is 2.18. The number of nitrogens with zero attached hydrogens (tertiary/aromatic N) is 2. The van der Waals surface area contributed by atoms with Gasteiger partial charge in [-0.2, -0.15) is 0 Å². The molecule has 1 N–H and O–H groups in total. The van der Waals surface area contributed by atoms with Crippen LogP contribution in [0.25, 0.3) is 6.08 Å². The lowest BCUT2D eigenvalue weighted by molar-refractivity contribution is -0.132. The first-order valence-electron chi connectivity index (χ1n) is 10.3. The van der Waals surface area contributed by atoms with E-state index in [1.54, 1.807) is 12.3 Å². The summed E-state index contributed by atoms with van der Waals surface area (Å²) in [4.78, 5) is 16.3. The third-order valence-electron chi connectivity index (χ3n) is 4.70. The molecule has 0 bridgehead atoms. The topological polar surface area (TPSA) is 77.5 Å². The molecule has 0 unspecified atom stereocenters. The number of carbonyl (C=O) groups is 1. The van der Waals surface area contributed by atoms with Crippen LogP contribution in [0.5, 0.6) is 0 Å². The zero-order valence-electron chi connectivity index (χ0n) is 18.3. The summed E-state index contributed by atoms with van der Waals surface area (Å²) in [6.45, 7) is 12.1. The summed E-state index contributed by atoms with van der Waals surface area (Å²) in [6.07, 6.45) is 6.61. The largest absolute Gasteiger partial charge is 0.478 e. The van der Waals surface area contributed by atoms with Crippen molar-refractivity contribution in [3.8, 4) is 0 Å². The van der Waals surface area contributed by atoms with E-state index in [9.17, 15) is 9.90 Å². The van der Waals surface area contributed by atoms with Crippen LogP contribution in [0.15, 0.2) is 28.3 Å². The van der Waals surface area contributed by atoms with Crippen LogP contribution in [-0.2, 0) is 29.1 Å². The number of ether oxygens (including phenoxy) is 1. The number of furan rings is 1. The van der Waals surface area contributed by atoms with Gasteiger partial charge in [-0.15, -0.1) is 0 Å². The molecule has 0 saturated heterocycles. The first-order chi connectivity index (χ1) is 13.7. The van der Waals surface area contributed by atoms with Gasteiger partial charge in [-0.05, 0) is 37.6 Å². The van der Waals surface area contributed by atoms with Crippen LogP contribution in [0.4, 0.5) is 0 Å². The Labute approximate surface area is 174 Å². The van der Waals surface area contributed by atoms with E-state index in [-0.39, 0.29) is 12.0 Å². The molecule has 0 amide bonds. The van der Waals surface area contributed by atoms with Crippen molar-refractivity contribution >= 4 is 20.1 Å². The van der Waals surface area contributed by atoms with Crippen molar-refractivity contribution in [2.45, 2.75) is 71.9 Å². The van der Waals surface area contributed by atoms with Crippen molar-refractivity contribution in [3.63, 3.8) is 0 Å². The average Bonchev–Trinajstić information content (AvgIpc) is 3.21. The smallest absolute Gasteiger partial charge is 0.332 e. The van der Waals surface area contributed by atoms with Crippen molar-refractivity contribution in [3.05, 3.63) is 46.9 Å². The SMILES string of the molecule is CCCCc1ncc(/C=C(\Cc2ccc(C)o2)C(=O)O)n1COCC[Si](C)(C)C. The second-order valence-corrected chi connectivity index (χ2v) is 14.3. The summed E-state index contributed by atoms with van der Waals surface area (Å²) in [5.41, 5.74) is 1.02. The van der Waals surface area contributed by atoms with Gasteiger partial charge in [0, 0.05) is 33.1 Å². The minimum absolute atomic E-state index is 0.231. The number of unbranched alkanes of at least 4 members (excludes halogenated alkanes) is 1. The maximum absolute atomic E-state index is 11.8. The molecule has 2 aromatic rings. The molecule has 0 saturated carbocycles. The highest BCUT2D eigenvalue weighted by molar-refractivity contribution is 6.76. The van der Waals surface area contributed by atoms with Crippen molar-refractivity contribution < 1.29 is 19.1 Å². The molecule has 2 heterocycles.